The number of rotatable bonds is 7. The SMILES string of the molecule is C=CC(=O)Nc1ccc(-c2c(-c3ccc(NC(=O)C4CC(F)(F)C4)c(OC)c3)c3c(N)ncc(C#N)c3n2C)cc1. The molecular formula is C30H26F2N6O3. The summed E-state index contributed by atoms with van der Waals surface area (Å²) in [5.74, 6) is -3.89. The minimum absolute atomic E-state index is 0.216. The Morgan fingerprint density at radius 2 is 1.88 bits per heavy atom. The van der Waals surface area contributed by atoms with Crippen molar-refractivity contribution in [2.45, 2.75) is 18.8 Å². The molecule has 1 aliphatic carbocycles. The largest absolute Gasteiger partial charge is 0.495 e. The van der Waals surface area contributed by atoms with Crippen molar-refractivity contribution in [2.24, 2.45) is 13.0 Å². The van der Waals surface area contributed by atoms with Crippen LogP contribution in [0, 0.1) is 17.2 Å². The van der Waals surface area contributed by atoms with Crippen molar-refractivity contribution in [2.75, 3.05) is 23.5 Å². The van der Waals surface area contributed by atoms with E-state index in [1.165, 1.54) is 19.4 Å². The van der Waals surface area contributed by atoms with Crippen LogP contribution in [-0.4, -0.2) is 34.4 Å². The zero-order valence-electron chi connectivity index (χ0n) is 22.3. The quantitative estimate of drug-likeness (QED) is 0.258. The Balaban J connectivity index is 1.64. The number of alkyl halides is 2. The first kappa shape index (κ1) is 27.3. The number of nitrogens with one attached hydrogen (secondary N) is 2. The number of carbonyl (C=O) groups is 2. The van der Waals surface area contributed by atoms with Crippen molar-refractivity contribution < 1.29 is 23.1 Å². The van der Waals surface area contributed by atoms with Crippen molar-refractivity contribution in [1.29, 1.82) is 5.26 Å². The number of nitrogens with two attached hydrogens (primary N) is 1. The van der Waals surface area contributed by atoms with Crippen LogP contribution >= 0.6 is 0 Å². The second-order valence-corrected chi connectivity index (χ2v) is 9.81. The van der Waals surface area contributed by atoms with E-state index in [0.29, 0.717) is 50.4 Å². The zero-order valence-corrected chi connectivity index (χ0v) is 22.3. The number of hydrogen-bond acceptors (Lipinski definition) is 6. The van der Waals surface area contributed by atoms with Crippen molar-refractivity contribution >= 4 is 39.9 Å². The number of anilines is 3. The topological polar surface area (TPSA) is 135 Å². The third kappa shape index (κ3) is 4.96. The maximum atomic E-state index is 13.3. The Labute approximate surface area is 234 Å². The maximum Gasteiger partial charge on any atom is 0.249 e. The van der Waals surface area contributed by atoms with Gasteiger partial charge in [-0.25, -0.2) is 13.8 Å². The van der Waals surface area contributed by atoms with Gasteiger partial charge in [0.05, 0.1) is 35.0 Å². The number of nitrogens with zero attached hydrogens (tertiary/aromatic N) is 3. The van der Waals surface area contributed by atoms with Crippen LogP contribution in [-0.2, 0) is 16.6 Å². The number of nitrogen functional groups attached to an aromatic ring is 1. The van der Waals surface area contributed by atoms with E-state index in [1.807, 2.05) is 23.7 Å². The smallest absolute Gasteiger partial charge is 0.249 e. The molecule has 2 aromatic carbocycles. The summed E-state index contributed by atoms with van der Waals surface area (Å²) in [6.07, 6.45) is 1.63. The predicted octanol–water partition coefficient (Wildman–Crippen LogP) is 5.48. The molecule has 4 aromatic rings. The molecule has 0 saturated heterocycles. The first-order chi connectivity index (χ1) is 19.6. The number of nitriles is 1. The molecule has 41 heavy (non-hydrogen) atoms. The Bertz CT molecular complexity index is 1750. The van der Waals surface area contributed by atoms with Crippen molar-refractivity contribution in [3.8, 4) is 34.2 Å². The second-order valence-electron chi connectivity index (χ2n) is 9.81. The van der Waals surface area contributed by atoms with Gasteiger partial charge in [0.15, 0.2) is 0 Å². The summed E-state index contributed by atoms with van der Waals surface area (Å²) < 4.78 is 34.0. The monoisotopic (exact) mass is 556 g/mol. The number of fused-ring (bicyclic) bond motifs is 1. The lowest BCUT2D eigenvalue weighted by molar-refractivity contribution is -0.145. The highest BCUT2D eigenvalue weighted by Crippen LogP contribution is 2.46. The molecule has 5 rings (SSSR count). The van der Waals surface area contributed by atoms with Gasteiger partial charge in [-0.2, -0.15) is 5.26 Å². The van der Waals surface area contributed by atoms with Crippen LogP contribution in [0.2, 0.25) is 0 Å². The van der Waals surface area contributed by atoms with E-state index in [9.17, 15) is 23.6 Å². The van der Waals surface area contributed by atoms with Crippen LogP contribution in [0.15, 0.2) is 61.3 Å². The fourth-order valence-electron chi connectivity index (χ4n) is 5.15. The summed E-state index contributed by atoms with van der Waals surface area (Å²) in [6, 6.07) is 14.4. The molecule has 9 nitrogen and oxygen atoms in total. The average molecular weight is 557 g/mol. The molecule has 1 fully saturated rings. The zero-order chi connectivity index (χ0) is 29.5. The van der Waals surface area contributed by atoms with Crippen LogP contribution < -0.4 is 21.1 Å². The Kier molecular flexibility index (Phi) is 6.92. The molecule has 1 aliphatic rings. The van der Waals surface area contributed by atoms with E-state index < -0.39 is 30.6 Å². The molecule has 0 bridgehead atoms. The Morgan fingerprint density at radius 3 is 2.49 bits per heavy atom. The number of aromatic nitrogens is 2. The summed E-state index contributed by atoms with van der Waals surface area (Å²) in [7, 11) is 3.26. The number of methoxy groups -OCH3 is 1. The first-order valence-electron chi connectivity index (χ1n) is 12.6. The van der Waals surface area contributed by atoms with Gasteiger partial charge in [0.1, 0.15) is 17.6 Å². The van der Waals surface area contributed by atoms with E-state index in [1.54, 1.807) is 30.3 Å². The maximum absolute atomic E-state index is 13.3. The lowest BCUT2D eigenvalue weighted by atomic mass is 9.80. The molecule has 0 spiro atoms. The molecule has 0 unspecified atom stereocenters. The van der Waals surface area contributed by atoms with Crippen LogP contribution in [0.4, 0.5) is 26.0 Å². The number of carbonyl (C=O) groups excluding carboxylic acids is 2. The van der Waals surface area contributed by atoms with E-state index in [0.717, 1.165) is 5.56 Å². The minimum Gasteiger partial charge on any atom is -0.495 e. The normalized spacial score (nSPS) is 14.1. The van der Waals surface area contributed by atoms with Gasteiger partial charge in [-0.15, -0.1) is 0 Å². The summed E-state index contributed by atoms with van der Waals surface area (Å²) >= 11 is 0. The lowest BCUT2D eigenvalue weighted by Crippen LogP contribution is -2.42. The molecule has 2 heterocycles. The number of ether oxygens (including phenoxy) is 1. The number of benzene rings is 2. The molecule has 0 radical (unpaired) electrons. The molecule has 2 amide bonds. The second kappa shape index (κ2) is 10.4. The third-order valence-corrected chi connectivity index (χ3v) is 7.18. The summed E-state index contributed by atoms with van der Waals surface area (Å²) in [5.41, 5.74) is 11.0. The van der Waals surface area contributed by atoms with Gasteiger partial charge in [0, 0.05) is 43.3 Å². The summed E-state index contributed by atoms with van der Waals surface area (Å²) in [6.45, 7) is 3.46. The molecule has 11 heteroatoms. The molecule has 4 N–H and O–H groups in total. The van der Waals surface area contributed by atoms with Gasteiger partial charge in [-0.3, -0.25) is 9.59 Å². The number of aryl methyl sites for hydroxylation is 1. The van der Waals surface area contributed by atoms with Crippen LogP contribution in [0.1, 0.15) is 18.4 Å². The standard InChI is InChI=1S/C30H26F2N6O3/c1-4-23(39)36-20-8-5-16(6-9-20)26-24(25-27(38(26)2)19(14-33)15-35-28(25)34)17-7-10-21(22(11-17)41-3)37-29(40)18-12-30(31,32)13-18/h4-11,15,18H,1,12-13H2,2-3H3,(H2,34,35)(H,36,39)(H,37,40). The highest BCUT2D eigenvalue weighted by atomic mass is 19.3. The Morgan fingerprint density at radius 1 is 1.20 bits per heavy atom. The highest BCUT2D eigenvalue weighted by molar-refractivity contribution is 6.11. The summed E-state index contributed by atoms with van der Waals surface area (Å²) in [5, 5.41) is 15.8. The molecule has 0 aliphatic heterocycles. The predicted molar refractivity (Wildman–Crippen MR) is 152 cm³/mol. The Hall–Kier alpha value is -5.24. The number of pyridine rings is 1. The van der Waals surface area contributed by atoms with Crippen molar-refractivity contribution in [3.63, 3.8) is 0 Å². The fraction of sp³-hybridized carbons (Fsp3) is 0.200. The summed E-state index contributed by atoms with van der Waals surface area (Å²) in [4.78, 5) is 28.6. The molecule has 208 valence electrons. The van der Waals surface area contributed by atoms with Gasteiger partial charge in [-0.1, -0.05) is 24.8 Å². The number of hydrogen-bond donors (Lipinski definition) is 3. The van der Waals surface area contributed by atoms with Gasteiger partial charge >= 0.3 is 0 Å². The van der Waals surface area contributed by atoms with E-state index in [-0.39, 0.29) is 11.7 Å². The minimum atomic E-state index is -2.81. The number of amides is 2. The van der Waals surface area contributed by atoms with E-state index >= 15 is 0 Å². The average Bonchev–Trinajstić information content (AvgIpc) is 3.26. The lowest BCUT2D eigenvalue weighted by Gasteiger charge is -2.33. The van der Waals surface area contributed by atoms with Crippen molar-refractivity contribution in [1.82, 2.24) is 9.55 Å². The van der Waals surface area contributed by atoms with Gasteiger partial charge in [0.25, 0.3) is 0 Å². The van der Waals surface area contributed by atoms with Crippen LogP contribution in [0.25, 0.3) is 33.3 Å². The molecular weight excluding hydrogens is 530 g/mol. The molecule has 1 saturated carbocycles. The van der Waals surface area contributed by atoms with Gasteiger partial charge < -0.3 is 25.7 Å². The fourth-order valence-corrected chi connectivity index (χ4v) is 5.15. The molecule has 0 atom stereocenters. The van der Waals surface area contributed by atoms with Crippen LogP contribution in [0.3, 0.4) is 0 Å². The van der Waals surface area contributed by atoms with E-state index in [4.69, 9.17) is 10.5 Å². The third-order valence-electron chi connectivity index (χ3n) is 7.18. The van der Waals surface area contributed by atoms with Crippen molar-refractivity contribution in [3.05, 3.63) is 66.9 Å². The van der Waals surface area contributed by atoms with E-state index in [2.05, 4.69) is 28.3 Å². The van der Waals surface area contributed by atoms with Gasteiger partial charge in [0.2, 0.25) is 17.7 Å². The van der Waals surface area contributed by atoms with Crippen LogP contribution in [0.5, 0.6) is 5.75 Å². The molecule has 2 aromatic heterocycles. The highest BCUT2D eigenvalue weighted by Gasteiger charge is 2.48. The van der Waals surface area contributed by atoms with Gasteiger partial charge in [-0.05, 0) is 41.5 Å². The first-order valence-corrected chi connectivity index (χ1v) is 12.6. The number of halogens is 2.